The molecule has 6 heteroatoms. The monoisotopic (exact) mass is 335 g/mol. The lowest BCUT2D eigenvalue weighted by molar-refractivity contribution is -0.137. The number of hydrogen-bond acceptors (Lipinski definition) is 2. The first kappa shape index (κ1) is 16.6. The SMILES string of the molecule is [O]c1ccc(N2CCN(Cc3cccc(C(F)(F)F)c3)CC2)cc1. The largest absolute Gasteiger partial charge is 0.416 e. The first-order valence-electron chi connectivity index (χ1n) is 7.82. The molecule has 0 N–H and O–H groups in total. The number of benzene rings is 2. The minimum atomic E-state index is -4.30. The highest BCUT2D eigenvalue weighted by Crippen LogP contribution is 2.30. The van der Waals surface area contributed by atoms with Crippen LogP contribution in [0.25, 0.3) is 0 Å². The molecule has 0 spiro atoms. The molecule has 1 saturated heterocycles. The van der Waals surface area contributed by atoms with Gasteiger partial charge in [0.05, 0.1) is 5.56 Å². The van der Waals surface area contributed by atoms with Crippen LogP contribution < -0.4 is 4.90 Å². The van der Waals surface area contributed by atoms with E-state index < -0.39 is 11.7 Å². The van der Waals surface area contributed by atoms with E-state index in [0.29, 0.717) is 12.1 Å². The molecule has 127 valence electrons. The van der Waals surface area contributed by atoms with E-state index in [2.05, 4.69) is 9.80 Å². The van der Waals surface area contributed by atoms with Crippen molar-refractivity contribution in [3.05, 3.63) is 59.7 Å². The second-order valence-electron chi connectivity index (χ2n) is 5.96. The van der Waals surface area contributed by atoms with E-state index in [4.69, 9.17) is 0 Å². The highest BCUT2D eigenvalue weighted by Gasteiger charge is 2.30. The molecule has 2 aromatic carbocycles. The minimum Gasteiger partial charge on any atom is -0.369 e. The van der Waals surface area contributed by atoms with E-state index >= 15 is 0 Å². The number of halogens is 3. The maximum absolute atomic E-state index is 12.8. The number of piperazine rings is 1. The van der Waals surface area contributed by atoms with Crippen molar-refractivity contribution in [1.82, 2.24) is 4.90 Å². The highest BCUT2D eigenvalue weighted by molar-refractivity contribution is 5.49. The van der Waals surface area contributed by atoms with Crippen LogP contribution in [0.4, 0.5) is 18.9 Å². The van der Waals surface area contributed by atoms with Crippen molar-refractivity contribution in [1.29, 1.82) is 0 Å². The molecule has 24 heavy (non-hydrogen) atoms. The fourth-order valence-electron chi connectivity index (χ4n) is 2.93. The molecule has 0 saturated carbocycles. The molecule has 2 aromatic rings. The Hall–Kier alpha value is -2.21. The summed E-state index contributed by atoms with van der Waals surface area (Å²) >= 11 is 0. The lowest BCUT2D eigenvalue weighted by atomic mass is 10.1. The maximum Gasteiger partial charge on any atom is 0.416 e. The van der Waals surface area contributed by atoms with Crippen LogP contribution >= 0.6 is 0 Å². The maximum atomic E-state index is 12.8. The standard InChI is InChI=1S/C18H18F3N2O/c19-18(20,21)15-3-1-2-14(12-15)13-22-8-10-23(11-9-22)16-4-6-17(24)7-5-16/h1-7,12H,8-11,13H2. The molecule has 0 amide bonds. The van der Waals surface area contributed by atoms with Gasteiger partial charge in [-0.1, -0.05) is 18.2 Å². The van der Waals surface area contributed by atoms with Gasteiger partial charge < -0.3 is 4.90 Å². The van der Waals surface area contributed by atoms with Gasteiger partial charge in [0, 0.05) is 38.4 Å². The summed E-state index contributed by atoms with van der Waals surface area (Å²) < 4.78 is 38.3. The molecule has 0 aliphatic carbocycles. The zero-order valence-corrected chi connectivity index (χ0v) is 13.1. The molecular weight excluding hydrogens is 317 g/mol. The quantitative estimate of drug-likeness (QED) is 0.841. The van der Waals surface area contributed by atoms with Gasteiger partial charge in [0.2, 0.25) is 0 Å². The van der Waals surface area contributed by atoms with Gasteiger partial charge in [-0.2, -0.15) is 13.2 Å². The van der Waals surface area contributed by atoms with E-state index in [1.54, 1.807) is 18.2 Å². The van der Waals surface area contributed by atoms with Crippen LogP contribution in [0.3, 0.4) is 0 Å². The summed E-state index contributed by atoms with van der Waals surface area (Å²) in [6.45, 7) is 3.64. The van der Waals surface area contributed by atoms with Gasteiger partial charge in [-0.3, -0.25) is 10.0 Å². The molecule has 3 nitrogen and oxygen atoms in total. The Morgan fingerprint density at radius 1 is 0.917 bits per heavy atom. The van der Waals surface area contributed by atoms with Crippen molar-refractivity contribution in [3.8, 4) is 5.75 Å². The van der Waals surface area contributed by atoms with Gasteiger partial charge in [0.15, 0.2) is 5.75 Å². The summed E-state index contributed by atoms with van der Waals surface area (Å²) in [6, 6.07) is 12.2. The predicted octanol–water partition coefficient (Wildman–Crippen LogP) is 4.17. The molecule has 0 atom stereocenters. The second kappa shape index (κ2) is 6.73. The first-order valence-corrected chi connectivity index (χ1v) is 7.82. The van der Waals surface area contributed by atoms with Crippen LogP contribution in [0.2, 0.25) is 0 Å². The normalized spacial score (nSPS) is 16.4. The Morgan fingerprint density at radius 3 is 2.21 bits per heavy atom. The fourth-order valence-corrected chi connectivity index (χ4v) is 2.93. The smallest absolute Gasteiger partial charge is 0.369 e. The van der Waals surface area contributed by atoms with Crippen molar-refractivity contribution in [2.75, 3.05) is 31.1 Å². The van der Waals surface area contributed by atoms with Crippen LogP contribution in [0.15, 0.2) is 48.5 Å². The molecule has 1 aliphatic heterocycles. The van der Waals surface area contributed by atoms with E-state index in [9.17, 15) is 18.3 Å². The molecule has 1 radical (unpaired) electrons. The summed E-state index contributed by atoms with van der Waals surface area (Å²) in [6.07, 6.45) is -4.30. The average molecular weight is 335 g/mol. The summed E-state index contributed by atoms with van der Waals surface area (Å²) in [7, 11) is 0. The third kappa shape index (κ3) is 4.00. The van der Waals surface area contributed by atoms with Gasteiger partial charge in [0.1, 0.15) is 0 Å². The number of alkyl halides is 3. The Morgan fingerprint density at radius 2 is 1.58 bits per heavy atom. The summed E-state index contributed by atoms with van der Waals surface area (Å²) in [4.78, 5) is 4.33. The molecular formula is C18H18F3N2O. The van der Waals surface area contributed by atoms with E-state index in [0.717, 1.165) is 37.9 Å². The van der Waals surface area contributed by atoms with Crippen LogP contribution in [0, 0.1) is 0 Å². The molecule has 1 heterocycles. The van der Waals surface area contributed by atoms with Gasteiger partial charge in [-0.15, -0.1) is 0 Å². The van der Waals surface area contributed by atoms with Gasteiger partial charge in [-0.25, -0.2) is 0 Å². The Kier molecular flexibility index (Phi) is 4.66. The number of anilines is 1. The number of nitrogens with zero attached hydrogens (tertiary/aromatic N) is 2. The van der Waals surface area contributed by atoms with E-state index in [1.807, 2.05) is 12.1 Å². The van der Waals surface area contributed by atoms with Crippen LogP contribution in [0.5, 0.6) is 5.75 Å². The van der Waals surface area contributed by atoms with Crippen molar-refractivity contribution >= 4 is 5.69 Å². The third-order valence-corrected chi connectivity index (χ3v) is 4.23. The van der Waals surface area contributed by atoms with Gasteiger partial charge >= 0.3 is 6.18 Å². The molecule has 3 rings (SSSR count). The van der Waals surface area contributed by atoms with E-state index in [-0.39, 0.29) is 5.75 Å². The zero-order valence-electron chi connectivity index (χ0n) is 13.1. The van der Waals surface area contributed by atoms with E-state index in [1.165, 1.54) is 12.1 Å². The molecule has 0 bridgehead atoms. The first-order chi connectivity index (χ1) is 11.4. The van der Waals surface area contributed by atoms with Gasteiger partial charge in [-0.05, 0) is 35.9 Å². The van der Waals surface area contributed by atoms with Crippen LogP contribution in [-0.2, 0) is 17.8 Å². The highest BCUT2D eigenvalue weighted by atomic mass is 19.4. The minimum absolute atomic E-state index is 0.0121. The lowest BCUT2D eigenvalue weighted by Crippen LogP contribution is -2.45. The third-order valence-electron chi connectivity index (χ3n) is 4.23. The summed E-state index contributed by atoms with van der Waals surface area (Å²) in [5.74, 6) is -0.0121. The van der Waals surface area contributed by atoms with Crippen LogP contribution in [0.1, 0.15) is 11.1 Å². The van der Waals surface area contributed by atoms with Gasteiger partial charge in [0.25, 0.3) is 0 Å². The Bertz CT molecular complexity index is 677. The number of hydrogen-bond donors (Lipinski definition) is 0. The van der Waals surface area contributed by atoms with Crippen molar-refractivity contribution in [2.45, 2.75) is 12.7 Å². The predicted molar refractivity (Wildman–Crippen MR) is 85.5 cm³/mol. The van der Waals surface area contributed by atoms with Crippen molar-refractivity contribution in [3.63, 3.8) is 0 Å². The fraction of sp³-hybridized carbons (Fsp3) is 0.333. The lowest BCUT2D eigenvalue weighted by Gasteiger charge is -2.36. The molecule has 1 aliphatic rings. The molecule has 0 unspecified atom stereocenters. The Balaban J connectivity index is 1.58. The summed E-state index contributed by atoms with van der Waals surface area (Å²) in [5, 5.41) is 11.2. The van der Waals surface area contributed by atoms with Crippen molar-refractivity contribution in [2.24, 2.45) is 0 Å². The average Bonchev–Trinajstić information content (AvgIpc) is 2.56. The second-order valence-corrected chi connectivity index (χ2v) is 5.96. The Labute approximate surface area is 138 Å². The van der Waals surface area contributed by atoms with Crippen LogP contribution in [-0.4, -0.2) is 31.1 Å². The molecule has 0 aromatic heterocycles. The molecule has 1 fully saturated rings. The van der Waals surface area contributed by atoms with Crippen molar-refractivity contribution < 1.29 is 18.3 Å². The summed E-state index contributed by atoms with van der Waals surface area (Å²) in [5.41, 5.74) is 1.08. The zero-order chi connectivity index (χ0) is 17.2. The number of rotatable bonds is 3. The topological polar surface area (TPSA) is 26.4 Å².